The van der Waals surface area contributed by atoms with Crippen LogP contribution >= 0.6 is 0 Å². The molecule has 1 N–H and O–H groups in total. The summed E-state index contributed by atoms with van der Waals surface area (Å²) < 4.78 is 9.83. The van der Waals surface area contributed by atoms with Gasteiger partial charge in [-0.1, -0.05) is 36.4 Å². The highest BCUT2D eigenvalue weighted by molar-refractivity contribution is 5.82. The van der Waals surface area contributed by atoms with E-state index in [0.717, 1.165) is 12.0 Å². The van der Waals surface area contributed by atoms with Crippen LogP contribution in [0.2, 0.25) is 0 Å². The first-order valence-corrected chi connectivity index (χ1v) is 7.60. The molecule has 0 bridgehead atoms. The molecule has 0 aliphatic carbocycles. The second-order valence-corrected chi connectivity index (χ2v) is 6.16. The van der Waals surface area contributed by atoms with Crippen LogP contribution in [0.5, 0.6) is 0 Å². The van der Waals surface area contributed by atoms with E-state index in [1.807, 2.05) is 30.3 Å². The SMILES string of the molecule is COC(=O)C=CC(CCc1ccccc1)NC(=O)OC(C)(C)C. The van der Waals surface area contributed by atoms with Crippen LogP contribution < -0.4 is 5.32 Å². The molecule has 1 atom stereocenters. The van der Waals surface area contributed by atoms with Crippen LogP contribution in [0.25, 0.3) is 0 Å². The number of hydrogen-bond donors (Lipinski definition) is 1. The van der Waals surface area contributed by atoms with Crippen molar-refractivity contribution in [1.29, 1.82) is 0 Å². The summed E-state index contributed by atoms with van der Waals surface area (Å²) in [5, 5.41) is 2.77. The Morgan fingerprint density at radius 2 is 1.87 bits per heavy atom. The minimum atomic E-state index is -0.569. The molecule has 1 aromatic carbocycles. The number of amides is 1. The molecular weight excluding hydrogens is 294 g/mol. The van der Waals surface area contributed by atoms with Gasteiger partial charge in [-0.2, -0.15) is 0 Å². The van der Waals surface area contributed by atoms with Gasteiger partial charge < -0.3 is 14.8 Å². The van der Waals surface area contributed by atoms with Crippen LogP contribution in [0.1, 0.15) is 32.8 Å². The minimum Gasteiger partial charge on any atom is -0.466 e. The summed E-state index contributed by atoms with van der Waals surface area (Å²) in [6.45, 7) is 5.40. The number of methoxy groups -OCH3 is 1. The molecule has 0 saturated carbocycles. The van der Waals surface area contributed by atoms with Gasteiger partial charge in [0.2, 0.25) is 0 Å². The largest absolute Gasteiger partial charge is 0.466 e. The average molecular weight is 319 g/mol. The number of benzene rings is 1. The topological polar surface area (TPSA) is 64.6 Å². The number of nitrogens with one attached hydrogen (secondary N) is 1. The first-order valence-electron chi connectivity index (χ1n) is 7.60. The van der Waals surface area contributed by atoms with Crippen LogP contribution in [0.4, 0.5) is 4.79 Å². The lowest BCUT2D eigenvalue weighted by molar-refractivity contribution is -0.134. The summed E-state index contributed by atoms with van der Waals surface area (Å²) in [4.78, 5) is 23.2. The van der Waals surface area contributed by atoms with Crippen LogP contribution in [0, 0.1) is 0 Å². The van der Waals surface area contributed by atoms with E-state index in [2.05, 4.69) is 10.1 Å². The fourth-order valence-corrected chi connectivity index (χ4v) is 1.91. The Labute approximate surface area is 137 Å². The van der Waals surface area contributed by atoms with Crippen molar-refractivity contribution in [2.75, 3.05) is 7.11 Å². The molecule has 0 aromatic heterocycles. The van der Waals surface area contributed by atoms with Gasteiger partial charge in [0.25, 0.3) is 0 Å². The van der Waals surface area contributed by atoms with Crippen LogP contribution in [-0.4, -0.2) is 30.8 Å². The fourth-order valence-electron chi connectivity index (χ4n) is 1.91. The van der Waals surface area contributed by atoms with Crippen molar-refractivity contribution in [3.8, 4) is 0 Å². The first kappa shape index (κ1) is 18.7. The number of ether oxygens (including phenoxy) is 2. The van der Waals surface area contributed by atoms with Crippen LogP contribution in [0.15, 0.2) is 42.5 Å². The van der Waals surface area contributed by atoms with Gasteiger partial charge >= 0.3 is 12.1 Å². The van der Waals surface area contributed by atoms with Crippen LogP contribution in [-0.2, 0) is 20.7 Å². The number of carbonyl (C=O) groups is 2. The molecule has 0 spiro atoms. The molecular formula is C18H25NO4. The summed E-state index contributed by atoms with van der Waals surface area (Å²) in [6.07, 6.45) is 3.85. The number of esters is 1. The summed E-state index contributed by atoms with van der Waals surface area (Å²) in [5.41, 5.74) is 0.593. The van der Waals surface area contributed by atoms with Gasteiger partial charge in [-0.15, -0.1) is 0 Å². The summed E-state index contributed by atoms with van der Waals surface area (Å²) in [5.74, 6) is -0.458. The highest BCUT2D eigenvalue weighted by Gasteiger charge is 2.18. The molecule has 1 unspecified atom stereocenters. The predicted molar refractivity (Wildman–Crippen MR) is 89.1 cm³/mol. The molecule has 0 aliphatic rings. The predicted octanol–water partition coefficient (Wildman–Crippen LogP) is 3.24. The molecule has 1 amide bonds. The lowest BCUT2D eigenvalue weighted by Crippen LogP contribution is -2.38. The maximum absolute atomic E-state index is 11.9. The van der Waals surface area contributed by atoms with Gasteiger partial charge in [-0.25, -0.2) is 9.59 Å². The second kappa shape index (κ2) is 8.98. The van der Waals surface area contributed by atoms with Gasteiger partial charge in [0.05, 0.1) is 13.2 Å². The Hall–Kier alpha value is -2.30. The third-order valence-electron chi connectivity index (χ3n) is 2.95. The van der Waals surface area contributed by atoms with Crippen molar-refractivity contribution in [3.63, 3.8) is 0 Å². The van der Waals surface area contributed by atoms with Crippen molar-refractivity contribution in [1.82, 2.24) is 5.32 Å². The van der Waals surface area contributed by atoms with E-state index in [9.17, 15) is 9.59 Å². The van der Waals surface area contributed by atoms with E-state index in [0.29, 0.717) is 6.42 Å². The minimum absolute atomic E-state index is 0.316. The Morgan fingerprint density at radius 3 is 2.43 bits per heavy atom. The summed E-state index contributed by atoms with van der Waals surface area (Å²) in [7, 11) is 1.31. The molecule has 126 valence electrons. The fraction of sp³-hybridized carbons (Fsp3) is 0.444. The highest BCUT2D eigenvalue weighted by Crippen LogP contribution is 2.09. The Morgan fingerprint density at radius 1 is 1.22 bits per heavy atom. The maximum Gasteiger partial charge on any atom is 0.408 e. The average Bonchev–Trinajstić information content (AvgIpc) is 2.48. The quantitative estimate of drug-likeness (QED) is 0.646. The third-order valence-corrected chi connectivity index (χ3v) is 2.95. The zero-order valence-corrected chi connectivity index (χ0v) is 14.2. The van der Waals surface area contributed by atoms with E-state index in [1.54, 1.807) is 26.8 Å². The number of aryl methyl sites for hydroxylation is 1. The molecule has 0 fully saturated rings. The normalized spacial score (nSPS) is 12.7. The third kappa shape index (κ3) is 8.66. The van der Waals surface area contributed by atoms with Crippen LogP contribution in [0.3, 0.4) is 0 Å². The number of alkyl carbamates (subject to hydrolysis) is 1. The molecule has 5 heteroatoms. The smallest absolute Gasteiger partial charge is 0.408 e. The first-order chi connectivity index (χ1) is 10.8. The Balaban J connectivity index is 2.66. The van der Waals surface area contributed by atoms with Gasteiger partial charge in [-0.05, 0) is 39.2 Å². The molecule has 1 rings (SSSR count). The number of hydrogen-bond acceptors (Lipinski definition) is 4. The van der Waals surface area contributed by atoms with E-state index in [4.69, 9.17) is 4.74 Å². The van der Waals surface area contributed by atoms with Gasteiger partial charge in [0.1, 0.15) is 5.60 Å². The zero-order chi connectivity index (χ0) is 17.3. The monoisotopic (exact) mass is 319 g/mol. The maximum atomic E-state index is 11.9. The van der Waals surface area contributed by atoms with Crippen molar-refractivity contribution in [2.45, 2.75) is 45.3 Å². The molecule has 5 nitrogen and oxygen atoms in total. The lowest BCUT2D eigenvalue weighted by atomic mass is 10.0. The molecule has 1 aromatic rings. The number of carbonyl (C=O) groups excluding carboxylic acids is 2. The highest BCUT2D eigenvalue weighted by atomic mass is 16.6. The molecule has 0 radical (unpaired) electrons. The van der Waals surface area contributed by atoms with E-state index >= 15 is 0 Å². The van der Waals surface area contributed by atoms with E-state index < -0.39 is 17.7 Å². The number of rotatable bonds is 6. The Bertz CT molecular complexity index is 532. The van der Waals surface area contributed by atoms with Gasteiger partial charge in [0.15, 0.2) is 0 Å². The van der Waals surface area contributed by atoms with E-state index in [1.165, 1.54) is 13.2 Å². The molecule has 23 heavy (non-hydrogen) atoms. The van der Waals surface area contributed by atoms with E-state index in [-0.39, 0.29) is 6.04 Å². The second-order valence-electron chi connectivity index (χ2n) is 6.16. The zero-order valence-electron chi connectivity index (χ0n) is 14.2. The van der Waals surface area contributed by atoms with Gasteiger partial charge in [-0.3, -0.25) is 0 Å². The lowest BCUT2D eigenvalue weighted by Gasteiger charge is -2.22. The summed E-state index contributed by atoms with van der Waals surface area (Å²) in [6, 6.07) is 9.62. The van der Waals surface area contributed by atoms with Crippen molar-refractivity contribution in [3.05, 3.63) is 48.0 Å². The standard InChI is InChI=1S/C18H25NO4/c1-18(2,3)23-17(21)19-15(12-13-16(20)22-4)11-10-14-8-6-5-7-9-14/h5-9,12-13,15H,10-11H2,1-4H3,(H,19,21). The van der Waals surface area contributed by atoms with Gasteiger partial charge in [0, 0.05) is 6.08 Å². The van der Waals surface area contributed by atoms with Crippen molar-refractivity contribution < 1.29 is 19.1 Å². The summed E-state index contributed by atoms with van der Waals surface area (Å²) >= 11 is 0. The molecule has 0 heterocycles. The van der Waals surface area contributed by atoms with Crippen molar-refractivity contribution in [2.24, 2.45) is 0 Å². The van der Waals surface area contributed by atoms with Crippen molar-refractivity contribution >= 4 is 12.1 Å². The Kier molecular flexibility index (Phi) is 7.32. The molecule has 0 saturated heterocycles. The molecule has 0 aliphatic heterocycles.